The second kappa shape index (κ2) is 9.30. The van der Waals surface area contributed by atoms with Crippen LogP contribution in [-0.2, 0) is 6.54 Å². The molecule has 31 heavy (non-hydrogen) atoms. The summed E-state index contributed by atoms with van der Waals surface area (Å²) in [6.45, 7) is 5.21. The molecule has 156 valence electrons. The molecule has 0 saturated heterocycles. The monoisotopic (exact) mass is 412 g/mol. The van der Waals surface area contributed by atoms with Crippen LogP contribution in [0.15, 0.2) is 66.9 Å². The molecule has 0 unspecified atom stereocenters. The highest BCUT2D eigenvalue weighted by atomic mass is 16.1. The molecule has 0 aliphatic carbocycles. The van der Waals surface area contributed by atoms with E-state index in [4.69, 9.17) is 0 Å². The smallest absolute Gasteiger partial charge is 0.205 e. The zero-order chi connectivity index (χ0) is 21.6. The first kappa shape index (κ1) is 20.4. The number of ketones is 1. The molecule has 2 aromatic carbocycles. The molecule has 0 bridgehead atoms. The summed E-state index contributed by atoms with van der Waals surface area (Å²) in [6, 6.07) is 20.1. The van der Waals surface area contributed by atoms with Gasteiger partial charge in [-0.1, -0.05) is 55.5 Å². The van der Waals surface area contributed by atoms with Gasteiger partial charge in [0.15, 0.2) is 5.78 Å². The van der Waals surface area contributed by atoms with E-state index in [0.29, 0.717) is 17.9 Å². The van der Waals surface area contributed by atoms with E-state index in [9.17, 15) is 4.79 Å². The first-order chi connectivity index (χ1) is 15.2. The van der Waals surface area contributed by atoms with Gasteiger partial charge in [-0.15, -0.1) is 10.2 Å². The lowest BCUT2D eigenvalue weighted by atomic mass is 9.98. The summed E-state index contributed by atoms with van der Waals surface area (Å²) in [7, 11) is 0. The van der Waals surface area contributed by atoms with E-state index in [1.54, 1.807) is 19.2 Å². The second-order valence-corrected chi connectivity index (χ2v) is 7.33. The molecule has 4 rings (SSSR count). The number of pyridine rings is 1. The molecule has 0 radical (unpaired) electrons. The van der Waals surface area contributed by atoms with Crippen LogP contribution in [0.4, 0.5) is 5.82 Å². The van der Waals surface area contributed by atoms with Crippen LogP contribution in [-0.4, -0.2) is 37.9 Å². The Hall–Kier alpha value is -3.87. The Labute approximate surface area is 181 Å². The van der Waals surface area contributed by atoms with Crippen LogP contribution < -0.4 is 4.90 Å². The van der Waals surface area contributed by atoms with Crippen molar-refractivity contribution in [1.29, 1.82) is 0 Å². The van der Waals surface area contributed by atoms with Crippen molar-refractivity contribution in [3.05, 3.63) is 78.0 Å². The molecule has 7 heteroatoms. The minimum atomic E-state index is 0.0256. The SMILES string of the molecule is CCCN(Cc1ccc(-c2ccccc2-c2nn[nH]n2)cc1)c1ncccc1C(C)=O. The Morgan fingerprint density at radius 1 is 1.00 bits per heavy atom. The number of carbonyl (C=O) groups is 1. The highest BCUT2D eigenvalue weighted by Gasteiger charge is 2.16. The van der Waals surface area contributed by atoms with Crippen molar-refractivity contribution in [2.75, 3.05) is 11.4 Å². The molecule has 4 aromatic rings. The fourth-order valence-corrected chi connectivity index (χ4v) is 3.67. The summed E-state index contributed by atoms with van der Waals surface area (Å²) in [5.41, 5.74) is 4.85. The molecule has 0 amide bonds. The Morgan fingerprint density at radius 3 is 2.45 bits per heavy atom. The summed E-state index contributed by atoms with van der Waals surface area (Å²) in [5, 5.41) is 14.4. The largest absolute Gasteiger partial charge is 0.352 e. The molecule has 2 aromatic heterocycles. The summed E-state index contributed by atoms with van der Waals surface area (Å²) in [4.78, 5) is 18.7. The van der Waals surface area contributed by atoms with Crippen molar-refractivity contribution in [2.24, 2.45) is 0 Å². The zero-order valence-electron chi connectivity index (χ0n) is 17.6. The third-order valence-electron chi connectivity index (χ3n) is 5.11. The van der Waals surface area contributed by atoms with Gasteiger partial charge in [0, 0.05) is 24.8 Å². The number of tetrazole rings is 1. The molecule has 0 fully saturated rings. The summed E-state index contributed by atoms with van der Waals surface area (Å²) in [5.74, 6) is 1.33. The van der Waals surface area contributed by atoms with Crippen LogP contribution in [0.3, 0.4) is 0 Å². The van der Waals surface area contributed by atoms with Gasteiger partial charge in [0.1, 0.15) is 5.82 Å². The van der Waals surface area contributed by atoms with Crippen LogP contribution in [0, 0.1) is 0 Å². The first-order valence-electron chi connectivity index (χ1n) is 10.3. The molecule has 0 saturated carbocycles. The van der Waals surface area contributed by atoms with E-state index in [1.165, 1.54) is 0 Å². The lowest BCUT2D eigenvalue weighted by molar-refractivity contribution is 0.101. The summed E-state index contributed by atoms with van der Waals surface area (Å²) < 4.78 is 0. The Morgan fingerprint density at radius 2 is 1.77 bits per heavy atom. The van der Waals surface area contributed by atoms with E-state index in [1.807, 2.05) is 24.3 Å². The van der Waals surface area contributed by atoms with Crippen molar-refractivity contribution in [3.8, 4) is 22.5 Å². The van der Waals surface area contributed by atoms with Crippen LogP contribution in [0.25, 0.3) is 22.5 Å². The number of H-pyrrole nitrogens is 1. The van der Waals surface area contributed by atoms with Crippen molar-refractivity contribution in [2.45, 2.75) is 26.8 Å². The zero-order valence-corrected chi connectivity index (χ0v) is 17.6. The predicted molar refractivity (Wildman–Crippen MR) is 121 cm³/mol. The van der Waals surface area contributed by atoms with Gasteiger partial charge < -0.3 is 4.90 Å². The maximum absolute atomic E-state index is 12.1. The fraction of sp³-hybridized carbons (Fsp3) is 0.208. The minimum absolute atomic E-state index is 0.0256. The van der Waals surface area contributed by atoms with Crippen molar-refractivity contribution >= 4 is 11.6 Å². The quantitative estimate of drug-likeness (QED) is 0.427. The van der Waals surface area contributed by atoms with Crippen LogP contribution >= 0.6 is 0 Å². The average Bonchev–Trinajstić information content (AvgIpc) is 3.34. The number of hydrogen-bond acceptors (Lipinski definition) is 6. The van der Waals surface area contributed by atoms with Crippen LogP contribution in [0.5, 0.6) is 0 Å². The van der Waals surface area contributed by atoms with Gasteiger partial charge in [0.2, 0.25) is 5.82 Å². The first-order valence-corrected chi connectivity index (χ1v) is 10.3. The van der Waals surface area contributed by atoms with Gasteiger partial charge in [0.25, 0.3) is 0 Å². The van der Waals surface area contributed by atoms with Gasteiger partial charge in [-0.3, -0.25) is 4.79 Å². The number of benzene rings is 2. The Bertz CT molecular complexity index is 1150. The standard InChI is InChI=1S/C24H24N6O/c1-3-15-30(24-20(17(2)31)9-6-14-25-24)16-18-10-12-19(13-11-18)21-7-4-5-8-22(21)23-26-28-29-27-23/h4-14H,3,15-16H2,1-2H3,(H,26,27,28,29). The minimum Gasteiger partial charge on any atom is -0.352 e. The molecule has 2 heterocycles. The summed E-state index contributed by atoms with van der Waals surface area (Å²) in [6.07, 6.45) is 2.70. The van der Waals surface area contributed by atoms with Gasteiger partial charge >= 0.3 is 0 Å². The van der Waals surface area contributed by atoms with Crippen LogP contribution in [0.1, 0.15) is 36.2 Å². The molecule has 1 N–H and O–H groups in total. The second-order valence-electron chi connectivity index (χ2n) is 7.33. The van der Waals surface area contributed by atoms with E-state index < -0.39 is 0 Å². The lowest BCUT2D eigenvalue weighted by Crippen LogP contribution is -2.26. The molecule has 0 spiro atoms. The predicted octanol–water partition coefficient (Wildman–Crippen LogP) is 4.55. The van der Waals surface area contributed by atoms with E-state index in [0.717, 1.165) is 41.0 Å². The number of aromatic nitrogens is 5. The average molecular weight is 412 g/mol. The molecule has 0 aliphatic heterocycles. The molecular formula is C24H24N6O. The van der Waals surface area contributed by atoms with Crippen molar-refractivity contribution in [1.82, 2.24) is 25.6 Å². The fourth-order valence-electron chi connectivity index (χ4n) is 3.67. The van der Waals surface area contributed by atoms with Crippen LogP contribution in [0.2, 0.25) is 0 Å². The van der Waals surface area contributed by atoms with E-state index >= 15 is 0 Å². The maximum Gasteiger partial charge on any atom is 0.205 e. The Kier molecular flexibility index (Phi) is 6.12. The third-order valence-corrected chi connectivity index (χ3v) is 5.11. The molecule has 0 aliphatic rings. The summed E-state index contributed by atoms with van der Waals surface area (Å²) >= 11 is 0. The highest BCUT2D eigenvalue weighted by molar-refractivity contribution is 5.98. The number of hydrogen-bond donors (Lipinski definition) is 1. The normalized spacial score (nSPS) is 10.8. The number of anilines is 1. The number of rotatable bonds is 8. The molecule has 0 atom stereocenters. The van der Waals surface area contributed by atoms with Crippen molar-refractivity contribution < 1.29 is 4.79 Å². The van der Waals surface area contributed by atoms with E-state index in [-0.39, 0.29) is 5.78 Å². The number of aromatic amines is 1. The van der Waals surface area contributed by atoms with Gasteiger partial charge in [-0.25, -0.2) is 4.98 Å². The number of nitrogens with zero attached hydrogens (tertiary/aromatic N) is 5. The van der Waals surface area contributed by atoms with E-state index in [2.05, 4.69) is 67.8 Å². The highest BCUT2D eigenvalue weighted by Crippen LogP contribution is 2.30. The number of carbonyl (C=O) groups excluding carboxylic acids is 1. The molecule has 7 nitrogen and oxygen atoms in total. The van der Waals surface area contributed by atoms with Gasteiger partial charge in [-0.2, -0.15) is 5.21 Å². The number of nitrogens with one attached hydrogen (secondary N) is 1. The lowest BCUT2D eigenvalue weighted by Gasteiger charge is -2.25. The van der Waals surface area contributed by atoms with Crippen molar-refractivity contribution in [3.63, 3.8) is 0 Å². The Balaban J connectivity index is 1.61. The van der Waals surface area contributed by atoms with Gasteiger partial charge in [-0.05, 0) is 47.4 Å². The topological polar surface area (TPSA) is 87.7 Å². The third kappa shape index (κ3) is 4.50. The maximum atomic E-state index is 12.1. The molecular weight excluding hydrogens is 388 g/mol. The van der Waals surface area contributed by atoms with Gasteiger partial charge in [0.05, 0.1) is 5.56 Å². The number of Topliss-reactive ketones (excluding diaryl/α,β-unsaturated/α-hetero) is 1.